The van der Waals surface area contributed by atoms with Gasteiger partial charge in [-0.3, -0.25) is 14.2 Å². The summed E-state index contributed by atoms with van der Waals surface area (Å²) in [5.74, 6) is -0.357. The molecule has 0 unspecified atom stereocenters. The molecule has 5 nitrogen and oxygen atoms in total. The van der Waals surface area contributed by atoms with Crippen molar-refractivity contribution in [3.05, 3.63) is 70.9 Å². The summed E-state index contributed by atoms with van der Waals surface area (Å²) in [7, 11) is 0. The maximum Gasteiger partial charge on any atom is 0.251 e. The molecule has 1 N–H and O–H groups in total. The zero-order valence-corrected chi connectivity index (χ0v) is 17.9. The lowest BCUT2D eigenvalue weighted by atomic mass is 9.87. The highest BCUT2D eigenvalue weighted by atomic mass is 16.2. The third-order valence-corrected chi connectivity index (χ3v) is 5.04. The predicted octanol–water partition coefficient (Wildman–Crippen LogP) is 5.51. The van der Waals surface area contributed by atoms with Gasteiger partial charge >= 0.3 is 0 Å². The van der Waals surface area contributed by atoms with Gasteiger partial charge in [0.1, 0.15) is 0 Å². The monoisotopic (exact) mass is 399 g/mol. The summed E-state index contributed by atoms with van der Waals surface area (Å²) in [5.41, 5.74) is 4.38. The van der Waals surface area contributed by atoms with Crippen molar-refractivity contribution in [2.75, 3.05) is 5.32 Å². The summed E-state index contributed by atoms with van der Waals surface area (Å²) in [6.45, 7) is 9.63. The molecule has 1 heterocycles. The van der Waals surface area contributed by atoms with Crippen LogP contribution in [0.2, 0.25) is 0 Å². The molecule has 0 aliphatic heterocycles. The zero-order valence-electron chi connectivity index (χ0n) is 17.9. The standard InChI is InChI=1S/C25H25N3O2/c1-16(24(30)27-21-9-7-20(8-10-21)25(3,4)5)12-19-15-28(17(2)29)23-11-6-18(14-26)13-22(19)23/h6-13,15H,1-5H3,(H,27,30)/b16-12+. The van der Waals surface area contributed by atoms with Crippen molar-refractivity contribution in [1.29, 1.82) is 5.26 Å². The molecule has 0 saturated heterocycles. The van der Waals surface area contributed by atoms with E-state index in [1.54, 1.807) is 37.4 Å². The molecule has 2 aromatic carbocycles. The average molecular weight is 399 g/mol. The maximum atomic E-state index is 12.7. The Bertz CT molecular complexity index is 1200. The minimum atomic E-state index is -0.223. The Morgan fingerprint density at radius 2 is 1.73 bits per heavy atom. The first kappa shape index (κ1) is 21.1. The number of nitrogens with zero attached hydrogens (tertiary/aromatic N) is 2. The fourth-order valence-corrected chi connectivity index (χ4v) is 3.28. The Hall–Kier alpha value is -3.65. The molecule has 3 rings (SSSR count). The van der Waals surface area contributed by atoms with Gasteiger partial charge in [-0.25, -0.2) is 0 Å². The van der Waals surface area contributed by atoms with Gasteiger partial charge in [0.15, 0.2) is 0 Å². The Balaban J connectivity index is 1.91. The summed E-state index contributed by atoms with van der Waals surface area (Å²) in [5, 5.41) is 12.9. The van der Waals surface area contributed by atoms with Crippen LogP contribution in [0.1, 0.15) is 56.1 Å². The van der Waals surface area contributed by atoms with Crippen LogP contribution >= 0.6 is 0 Å². The highest BCUT2D eigenvalue weighted by Crippen LogP contribution is 2.26. The molecule has 0 bridgehead atoms. The summed E-state index contributed by atoms with van der Waals surface area (Å²) in [4.78, 5) is 24.7. The second-order valence-corrected chi connectivity index (χ2v) is 8.43. The number of nitrogens with one attached hydrogen (secondary N) is 1. The van der Waals surface area contributed by atoms with Crippen LogP contribution in [0.15, 0.2) is 54.2 Å². The number of carbonyl (C=O) groups excluding carboxylic acids is 2. The van der Waals surface area contributed by atoms with Gasteiger partial charge in [-0.1, -0.05) is 32.9 Å². The quantitative estimate of drug-likeness (QED) is 0.590. The Labute approximate surface area is 176 Å². The van der Waals surface area contributed by atoms with Gasteiger partial charge < -0.3 is 5.32 Å². The highest BCUT2D eigenvalue weighted by molar-refractivity contribution is 6.08. The molecule has 30 heavy (non-hydrogen) atoms. The minimum absolute atomic E-state index is 0.0472. The van der Waals surface area contributed by atoms with Gasteiger partial charge in [-0.05, 0) is 54.3 Å². The highest BCUT2D eigenvalue weighted by Gasteiger charge is 2.15. The molecule has 1 aromatic heterocycles. The largest absolute Gasteiger partial charge is 0.322 e. The van der Waals surface area contributed by atoms with Crippen molar-refractivity contribution in [3.63, 3.8) is 0 Å². The van der Waals surface area contributed by atoms with Crippen molar-refractivity contribution in [2.24, 2.45) is 0 Å². The minimum Gasteiger partial charge on any atom is -0.322 e. The molecular weight excluding hydrogens is 374 g/mol. The number of nitriles is 1. The van der Waals surface area contributed by atoms with Crippen LogP contribution in [-0.2, 0) is 10.2 Å². The lowest BCUT2D eigenvalue weighted by molar-refractivity contribution is -0.112. The zero-order chi connectivity index (χ0) is 22.1. The summed E-state index contributed by atoms with van der Waals surface area (Å²) in [6, 6.07) is 15.1. The number of anilines is 1. The summed E-state index contributed by atoms with van der Waals surface area (Å²) < 4.78 is 1.53. The van der Waals surface area contributed by atoms with Crippen molar-refractivity contribution >= 4 is 34.5 Å². The van der Waals surface area contributed by atoms with Gasteiger partial charge in [-0.2, -0.15) is 5.26 Å². The Morgan fingerprint density at radius 1 is 1.07 bits per heavy atom. The Kier molecular flexibility index (Phi) is 5.62. The van der Waals surface area contributed by atoms with E-state index in [2.05, 4.69) is 32.2 Å². The number of amides is 1. The van der Waals surface area contributed by atoms with E-state index >= 15 is 0 Å². The third kappa shape index (κ3) is 4.33. The first-order valence-corrected chi connectivity index (χ1v) is 9.76. The summed E-state index contributed by atoms with van der Waals surface area (Å²) >= 11 is 0. The number of hydrogen-bond donors (Lipinski definition) is 1. The third-order valence-electron chi connectivity index (χ3n) is 5.04. The molecule has 0 fully saturated rings. The van der Waals surface area contributed by atoms with Crippen molar-refractivity contribution in [3.8, 4) is 6.07 Å². The van der Waals surface area contributed by atoms with E-state index in [9.17, 15) is 14.9 Å². The van der Waals surface area contributed by atoms with Crippen LogP contribution in [-0.4, -0.2) is 16.4 Å². The lowest BCUT2D eigenvalue weighted by Crippen LogP contribution is -2.14. The molecule has 0 atom stereocenters. The number of rotatable bonds is 3. The van der Waals surface area contributed by atoms with E-state index in [-0.39, 0.29) is 17.2 Å². The molecule has 5 heteroatoms. The number of aromatic nitrogens is 1. The molecule has 3 aromatic rings. The van der Waals surface area contributed by atoms with E-state index in [0.717, 1.165) is 11.1 Å². The molecule has 0 aliphatic carbocycles. The first-order valence-electron chi connectivity index (χ1n) is 9.76. The van der Waals surface area contributed by atoms with Gasteiger partial charge in [0.25, 0.3) is 5.91 Å². The van der Waals surface area contributed by atoms with Crippen LogP contribution < -0.4 is 5.32 Å². The fourth-order valence-electron chi connectivity index (χ4n) is 3.28. The maximum absolute atomic E-state index is 12.7. The molecule has 0 saturated carbocycles. The van der Waals surface area contributed by atoms with Crippen LogP contribution in [0.3, 0.4) is 0 Å². The van der Waals surface area contributed by atoms with E-state index in [1.165, 1.54) is 17.1 Å². The van der Waals surface area contributed by atoms with Crippen LogP contribution in [0, 0.1) is 11.3 Å². The topological polar surface area (TPSA) is 74.9 Å². The normalized spacial score (nSPS) is 11.9. The summed E-state index contributed by atoms with van der Waals surface area (Å²) in [6.07, 6.45) is 3.44. The van der Waals surface area contributed by atoms with E-state index in [4.69, 9.17) is 0 Å². The first-order chi connectivity index (χ1) is 14.1. The SMILES string of the molecule is CC(=O)n1cc(/C=C(\C)C(=O)Nc2ccc(C(C)(C)C)cc2)c2cc(C#N)ccc21. The smallest absolute Gasteiger partial charge is 0.251 e. The second-order valence-electron chi connectivity index (χ2n) is 8.43. The van der Waals surface area contributed by atoms with Crippen LogP contribution in [0.4, 0.5) is 5.69 Å². The van der Waals surface area contributed by atoms with Crippen LogP contribution in [0.25, 0.3) is 17.0 Å². The lowest BCUT2D eigenvalue weighted by Gasteiger charge is -2.19. The number of fused-ring (bicyclic) bond motifs is 1. The molecule has 1 amide bonds. The molecule has 0 radical (unpaired) electrons. The van der Waals surface area contributed by atoms with Gasteiger partial charge in [0, 0.05) is 35.3 Å². The number of carbonyl (C=O) groups is 2. The van der Waals surface area contributed by atoms with E-state index < -0.39 is 0 Å². The van der Waals surface area contributed by atoms with Crippen molar-refractivity contribution < 1.29 is 9.59 Å². The second kappa shape index (κ2) is 8.00. The molecule has 152 valence electrons. The van der Waals surface area contributed by atoms with E-state index in [1.807, 2.05) is 24.3 Å². The molecule has 0 spiro atoms. The van der Waals surface area contributed by atoms with Crippen molar-refractivity contribution in [2.45, 2.75) is 40.0 Å². The number of benzene rings is 2. The number of hydrogen-bond acceptors (Lipinski definition) is 3. The van der Waals surface area contributed by atoms with Gasteiger partial charge in [-0.15, -0.1) is 0 Å². The predicted molar refractivity (Wildman–Crippen MR) is 120 cm³/mol. The fraction of sp³-hybridized carbons (Fsp3) is 0.240. The van der Waals surface area contributed by atoms with Crippen LogP contribution in [0.5, 0.6) is 0 Å². The average Bonchev–Trinajstić information content (AvgIpc) is 3.05. The van der Waals surface area contributed by atoms with Gasteiger partial charge in [0.05, 0.1) is 17.1 Å². The van der Waals surface area contributed by atoms with E-state index in [0.29, 0.717) is 22.2 Å². The molecule has 0 aliphatic rings. The molecular formula is C25H25N3O2. The Morgan fingerprint density at radius 3 is 2.30 bits per heavy atom. The van der Waals surface area contributed by atoms with Crippen molar-refractivity contribution in [1.82, 2.24) is 4.57 Å². The van der Waals surface area contributed by atoms with Gasteiger partial charge in [0.2, 0.25) is 5.91 Å².